The molecule has 3 N–H and O–H groups in total. The lowest BCUT2D eigenvalue weighted by molar-refractivity contribution is 0.225. The molecule has 0 aliphatic heterocycles. The molecule has 2 aromatic rings. The van der Waals surface area contributed by atoms with Gasteiger partial charge in [-0.25, -0.2) is 4.79 Å². The fourth-order valence-corrected chi connectivity index (χ4v) is 2.03. The fraction of sp³-hybridized carbons (Fsp3) is 0.353. The highest BCUT2D eigenvalue weighted by Crippen LogP contribution is 2.19. The maximum atomic E-state index is 12.0. The Hall–Kier alpha value is -2.47. The molecule has 6 heteroatoms. The van der Waals surface area contributed by atoms with Gasteiger partial charge in [0.2, 0.25) is 0 Å². The molecule has 0 aliphatic rings. The van der Waals surface area contributed by atoms with Gasteiger partial charge in [0.05, 0.1) is 18.3 Å². The number of nitrogens with one attached hydrogen (secondary N) is 2. The second kappa shape index (κ2) is 7.19. The van der Waals surface area contributed by atoms with Gasteiger partial charge in [-0.1, -0.05) is 51.1 Å². The van der Waals surface area contributed by atoms with Crippen LogP contribution in [0.5, 0.6) is 0 Å². The summed E-state index contributed by atoms with van der Waals surface area (Å²) in [6.45, 7) is 5.94. The molecule has 1 heterocycles. The number of benzene rings is 1. The second-order valence-electron chi connectivity index (χ2n) is 6.30. The Morgan fingerprint density at radius 1 is 1.13 bits per heavy atom. The SMILES string of the molecule is CC(C)(C)c1ccc(NC(=O)NC(CO)c2ccccc2)nn1. The van der Waals surface area contributed by atoms with Gasteiger partial charge in [0.15, 0.2) is 5.82 Å². The number of aliphatic hydroxyl groups is 1. The van der Waals surface area contributed by atoms with Crippen molar-refractivity contribution in [3.63, 3.8) is 0 Å². The third-order valence-corrected chi connectivity index (χ3v) is 3.36. The number of amides is 2. The van der Waals surface area contributed by atoms with Crippen LogP contribution < -0.4 is 10.6 Å². The molecule has 122 valence electrons. The van der Waals surface area contributed by atoms with Crippen LogP contribution in [0.15, 0.2) is 42.5 Å². The first-order valence-electron chi connectivity index (χ1n) is 7.47. The van der Waals surface area contributed by atoms with Gasteiger partial charge in [0.25, 0.3) is 0 Å². The van der Waals surface area contributed by atoms with Crippen LogP contribution in [-0.2, 0) is 5.41 Å². The molecule has 1 unspecified atom stereocenters. The molecular formula is C17H22N4O2. The highest BCUT2D eigenvalue weighted by Gasteiger charge is 2.17. The van der Waals surface area contributed by atoms with Crippen LogP contribution in [-0.4, -0.2) is 27.9 Å². The number of carbonyl (C=O) groups is 1. The number of urea groups is 1. The fourth-order valence-electron chi connectivity index (χ4n) is 2.03. The van der Waals surface area contributed by atoms with Crippen molar-refractivity contribution in [2.24, 2.45) is 0 Å². The highest BCUT2D eigenvalue weighted by atomic mass is 16.3. The molecule has 2 amide bonds. The summed E-state index contributed by atoms with van der Waals surface area (Å²) in [6.07, 6.45) is 0. The van der Waals surface area contributed by atoms with Gasteiger partial charge in [0, 0.05) is 5.41 Å². The number of hydrogen-bond donors (Lipinski definition) is 3. The maximum Gasteiger partial charge on any atom is 0.321 e. The Kier molecular flexibility index (Phi) is 5.28. The molecule has 2 rings (SSSR count). The molecule has 6 nitrogen and oxygen atoms in total. The van der Waals surface area contributed by atoms with E-state index in [-0.39, 0.29) is 12.0 Å². The summed E-state index contributed by atoms with van der Waals surface area (Å²) in [6, 6.07) is 11.9. The minimum Gasteiger partial charge on any atom is -0.394 e. The van der Waals surface area contributed by atoms with Crippen molar-refractivity contribution in [1.29, 1.82) is 0 Å². The zero-order chi connectivity index (χ0) is 16.9. The molecular weight excluding hydrogens is 292 g/mol. The molecule has 1 aromatic heterocycles. The summed E-state index contributed by atoms with van der Waals surface area (Å²) < 4.78 is 0. The van der Waals surface area contributed by atoms with Crippen LogP contribution in [0.4, 0.5) is 10.6 Å². The number of anilines is 1. The Labute approximate surface area is 136 Å². The second-order valence-corrected chi connectivity index (χ2v) is 6.30. The summed E-state index contributed by atoms with van der Waals surface area (Å²) >= 11 is 0. The monoisotopic (exact) mass is 314 g/mol. The number of rotatable bonds is 4. The van der Waals surface area contributed by atoms with E-state index >= 15 is 0 Å². The number of carbonyl (C=O) groups excluding carboxylic acids is 1. The van der Waals surface area contributed by atoms with E-state index in [0.717, 1.165) is 11.3 Å². The van der Waals surface area contributed by atoms with E-state index in [4.69, 9.17) is 0 Å². The zero-order valence-electron chi connectivity index (χ0n) is 13.6. The molecule has 1 atom stereocenters. The van der Waals surface area contributed by atoms with Crippen molar-refractivity contribution in [3.05, 3.63) is 53.7 Å². The highest BCUT2D eigenvalue weighted by molar-refractivity contribution is 5.88. The zero-order valence-corrected chi connectivity index (χ0v) is 13.6. The van der Waals surface area contributed by atoms with Crippen LogP contribution in [0.25, 0.3) is 0 Å². The smallest absolute Gasteiger partial charge is 0.321 e. The van der Waals surface area contributed by atoms with Crippen LogP contribution in [0.3, 0.4) is 0 Å². The van der Waals surface area contributed by atoms with Gasteiger partial charge in [-0.2, -0.15) is 5.10 Å². The quantitative estimate of drug-likeness (QED) is 0.809. The Balaban J connectivity index is 1.99. The van der Waals surface area contributed by atoms with Crippen LogP contribution in [0.1, 0.15) is 38.1 Å². The van der Waals surface area contributed by atoms with Crippen molar-refractivity contribution < 1.29 is 9.90 Å². The molecule has 0 fully saturated rings. The van der Waals surface area contributed by atoms with E-state index in [1.807, 2.05) is 57.2 Å². The summed E-state index contributed by atoms with van der Waals surface area (Å²) in [5.74, 6) is 0.361. The van der Waals surface area contributed by atoms with E-state index in [1.165, 1.54) is 0 Å². The number of aromatic nitrogens is 2. The Morgan fingerprint density at radius 2 is 1.83 bits per heavy atom. The van der Waals surface area contributed by atoms with Gasteiger partial charge in [-0.15, -0.1) is 5.10 Å². The molecule has 0 saturated heterocycles. The average molecular weight is 314 g/mol. The third-order valence-electron chi connectivity index (χ3n) is 3.36. The first-order valence-corrected chi connectivity index (χ1v) is 7.47. The van der Waals surface area contributed by atoms with Crippen molar-refractivity contribution in [3.8, 4) is 0 Å². The van der Waals surface area contributed by atoms with Gasteiger partial charge in [-0.3, -0.25) is 5.32 Å². The van der Waals surface area contributed by atoms with E-state index in [9.17, 15) is 9.90 Å². The molecule has 23 heavy (non-hydrogen) atoms. The van der Waals surface area contributed by atoms with Gasteiger partial charge in [0.1, 0.15) is 0 Å². The molecule has 1 aromatic carbocycles. The number of nitrogens with zero attached hydrogens (tertiary/aromatic N) is 2. The topological polar surface area (TPSA) is 87.1 Å². The molecule has 0 spiro atoms. The van der Waals surface area contributed by atoms with E-state index in [2.05, 4.69) is 20.8 Å². The van der Waals surface area contributed by atoms with Gasteiger partial charge < -0.3 is 10.4 Å². The van der Waals surface area contributed by atoms with Crippen molar-refractivity contribution in [1.82, 2.24) is 15.5 Å². The van der Waals surface area contributed by atoms with E-state index in [0.29, 0.717) is 5.82 Å². The lowest BCUT2D eigenvalue weighted by atomic mass is 9.92. The lowest BCUT2D eigenvalue weighted by Gasteiger charge is -2.18. The first kappa shape index (κ1) is 16.9. The summed E-state index contributed by atoms with van der Waals surface area (Å²) in [5, 5.41) is 22.9. The minimum atomic E-state index is -0.474. The summed E-state index contributed by atoms with van der Waals surface area (Å²) in [4.78, 5) is 12.0. The predicted molar refractivity (Wildman–Crippen MR) is 89.2 cm³/mol. The minimum absolute atomic E-state index is 0.0942. The molecule has 0 radical (unpaired) electrons. The standard InChI is InChI=1S/C17H22N4O2/c1-17(2,3)14-9-10-15(21-20-14)19-16(23)18-13(11-22)12-7-5-4-6-8-12/h4-10,13,22H,11H2,1-3H3,(H2,18,19,21,23). The average Bonchev–Trinajstić information content (AvgIpc) is 2.53. The molecule has 0 saturated carbocycles. The van der Waals surface area contributed by atoms with Crippen LogP contribution >= 0.6 is 0 Å². The third kappa shape index (κ3) is 4.75. The maximum absolute atomic E-state index is 12.0. The predicted octanol–water partition coefficient (Wildman–Crippen LogP) is 2.63. The Bertz CT molecular complexity index is 636. The summed E-state index contributed by atoms with van der Waals surface area (Å²) in [5.41, 5.74) is 1.59. The van der Waals surface area contributed by atoms with Gasteiger partial charge >= 0.3 is 6.03 Å². The molecule has 0 bridgehead atoms. The van der Waals surface area contributed by atoms with Crippen LogP contribution in [0.2, 0.25) is 0 Å². The first-order chi connectivity index (χ1) is 10.9. The van der Waals surface area contributed by atoms with E-state index < -0.39 is 12.1 Å². The largest absolute Gasteiger partial charge is 0.394 e. The van der Waals surface area contributed by atoms with Gasteiger partial charge in [-0.05, 0) is 17.7 Å². The van der Waals surface area contributed by atoms with Crippen LogP contribution in [0, 0.1) is 0 Å². The van der Waals surface area contributed by atoms with E-state index in [1.54, 1.807) is 6.07 Å². The molecule has 0 aliphatic carbocycles. The summed E-state index contributed by atoms with van der Waals surface area (Å²) in [7, 11) is 0. The van der Waals surface area contributed by atoms with Crippen molar-refractivity contribution >= 4 is 11.8 Å². The van der Waals surface area contributed by atoms with Crippen molar-refractivity contribution in [2.75, 3.05) is 11.9 Å². The number of hydrogen-bond acceptors (Lipinski definition) is 4. The number of aliphatic hydroxyl groups excluding tert-OH is 1. The normalized spacial score (nSPS) is 12.5. The van der Waals surface area contributed by atoms with Crippen molar-refractivity contribution in [2.45, 2.75) is 32.2 Å². The lowest BCUT2D eigenvalue weighted by Crippen LogP contribution is -2.34. The Morgan fingerprint density at radius 3 is 2.35 bits per heavy atom.